The Labute approximate surface area is 140 Å². The summed E-state index contributed by atoms with van der Waals surface area (Å²) in [4.78, 5) is 23.2. The van der Waals surface area contributed by atoms with E-state index in [1.165, 1.54) is 38.5 Å². The van der Waals surface area contributed by atoms with Crippen molar-refractivity contribution in [2.24, 2.45) is 0 Å². The van der Waals surface area contributed by atoms with Crippen molar-refractivity contribution in [3.63, 3.8) is 0 Å². The minimum Gasteiger partial charge on any atom is -0.464 e. The summed E-state index contributed by atoms with van der Waals surface area (Å²) in [6.45, 7) is 9.43. The highest BCUT2D eigenvalue weighted by molar-refractivity contribution is 5.81. The van der Waals surface area contributed by atoms with E-state index in [4.69, 9.17) is 4.74 Å². The molecule has 0 aliphatic carbocycles. The quantitative estimate of drug-likeness (QED) is 0.221. The van der Waals surface area contributed by atoms with Gasteiger partial charge >= 0.3 is 12.1 Å². The van der Waals surface area contributed by atoms with Crippen LogP contribution >= 0.6 is 0 Å². The molecule has 1 amide bonds. The first-order valence-corrected chi connectivity index (χ1v) is 8.51. The van der Waals surface area contributed by atoms with Crippen LogP contribution in [0.3, 0.4) is 0 Å². The molecule has 0 heterocycles. The fourth-order valence-corrected chi connectivity index (χ4v) is 2.14. The number of carbonyl (C=O) groups is 2. The molecule has 0 aromatic heterocycles. The summed E-state index contributed by atoms with van der Waals surface area (Å²) in [5.41, 5.74) is 0. The van der Waals surface area contributed by atoms with Gasteiger partial charge in [-0.3, -0.25) is 0 Å². The molecule has 132 valence electrons. The highest BCUT2D eigenvalue weighted by Gasteiger charge is 2.21. The highest BCUT2D eigenvalue weighted by atomic mass is 16.5. The van der Waals surface area contributed by atoms with E-state index in [1.807, 2.05) is 0 Å². The third-order valence-corrected chi connectivity index (χ3v) is 3.41. The molecule has 5 nitrogen and oxygen atoms in total. The van der Waals surface area contributed by atoms with Crippen LogP contribution < -0.4 is 5.32 Å². The molecule has 0 fully saturated rings. The van der Waals surface area contributed by atoms with E-state index in [2.05, 4.69) is 30.1 Å². The average Bonchev–Trinajstić information content (AvgIpc) is 2.53. The third kappa shape index (κ3) is 12.4. The zero-order valence-electron chi connectivity index (χ0n) is 14.4. The molecule has 0 spiro atoms. The van der Waals surface area contributed by atoms with Gasteiger partial charge in [0.25, 0.3) is 0 Å². The van der Waals surface area contributed by atoms with Crippen molar-refractivity contribution >= 4 is 12.1 Å². The van der Waals surface area contributed by atoms with Crippen LogP contribution in [-0.4, -0.2) is 24.7 Å². The predicted octanol–water partition coefficient (Wildman–Crippen LogP) is 4.48. The zero-order valence-corrected chi connectivity index (χ0v) is 14.4. The van der Waals surface area contributed by atoms with Gasteiger partial charge in [-0.05, 0) is 12.8 Å². The minimum atomic E-state index is -0.769. The van der Waals surface area contributed by atoms with E-state index in [-0.39, 0.29) is 0 Å². The van der Waals surface area contributed by atoms with Crippen LogP contribution in [0.2, 0.25) is 0 Å². The van der Waals surface area contributed by atoms with E-state index < -0.39 is 18.1 Å². The molecule has 1 unspecified atom stereocenters. The van der Waals surface area contributed by atoms with Gasteiger partial charge in [0.15, 0.2) is 0 Å². The van der Waals surface area contributed by atoms with Crippen LogP contribution in [0.4, 0.5) is 4.79 Å². The van der Waals surface area contributed by atoms with E-state index in [1.54, 1.807) is 6.08 Å². The summed E-state index contributed by atoms with van der Waals surface area (Å²) in [6.07, 6.45) is 11.6. The smallest absolute Gasteiger partial charge is 0.412 e. The monoisotopic (exact) mass is 325 g/mol. The lowest BCUT2D eigenvalue weighted by Crippen LogP contribution is -2.41. The Balaban J connectivity index is 3.80. The molecule has 0 aromatic rings. The maximum Gasteiger partial charge on any atom is 0.412 e. The van der Waals surface area contributed by atoms with Crippen molar-refractivity contribution in [1.82, 2.24) is 5.32 Å². The molecule has 0 rings (SSSR count). The normalized spacial score (nSPS) is 11.3. The molecule has 0 radical (unpaired) electrons. The van der Waals surface area contributed by atoms with E-state index in [9.17, 15) is 9.59 Å². The van der Waals surface area contributed by atoms with E-state index in [0.29, 0.717) is 13.0 Å². The van der Waals surface area contributed by atoms with Crippen molar-refractivity contribution in [3.8, 4) is 0 Å². The summed E-state index contributed by atoms with van der Waals surface area (Å²) >= 11 is 0. The lowest BCUT2D eigenvalue weighted by molar-refractivity contribution is -0.146. The van der Waals surface area contributed by atoms with Crippen LogP contribution in [0.5, 0.6) is 0 Å². The molecule has 0 saturated heterocycles. The van der Waals surface area contributed by atoms with Gasteiger partial charge in [0, 0.05) is 0 Å². The van der Waals surface area contributed by atoms with Gasteiger partial charge in [0.2, 0.25) is 0 Å². The lowest BCUT2D eigenvalue weighted by Gasteiger charge is -2.15. The van der Waals surface area contributed by atoms with Crippen LogP contribution in [0.1, 0.15) is 64.7 Å². The van der Waals surface area contributed by atoms with Crippen molar-refractivity contribution in [1.29, 1.82) is 0 Å². The summed E-state index contributed by atoms with van der Waals surface area (Å²) in [5, 5.41) is 2.42. The van der Waals surface area contributed by atoms with Gasteiger partial charge in [-0.2, -0.15) is 0 Å². The number of rotatable bonds is 14. The molecular formula is C18H31NO4. The second-order valence-electron chi connectivity index (χ2n) is 5.44. The van der Waals surface area contributed by atoms with Crippen LogP contribution in [0, 0.1) is 0 Å². The number of unbranched alkanes of at least 4 members (excludes halogenated alkanes) is 7. The van der Waals surface area contributed by atoms with Gasteiger partial charge in [-0.1, -0.05) is 64.5 Å². The number of nitrogens with one attached hydrogen (secondary N) is 1. The Bertz CT molecular complexity index is 355. The number of esters is 1. The second-order valence-corrected chi connectivity index (χ2v) is 5.44. The predicted molar refractivity (Wildman–Crippen MR) is 92.0 cm³/mol. The Morgan fingerprint density at radius 3 is 2.22 bits per heavy atom. The molecular weight excluding hydrogens is 294 g/mol. The van der Waals surface area contributed by atoms with E-state index in [0.717, 1.165) is 19.1 Å². The van der Waals surface area contributed by atoms with Crippen molar-refractivity contribution in [2.45, 2.75) is 70.8 Å². The molecule has 0 saturated carbocycles. The number of alkyl carbamates (subject to hydrolysis) is 1. The third-order valence-electron chi connectivity index (χ3n) is 3.41. The average molecular weight is 325 g/mol. The standard InChI is InChI=1S/C18H31NO4/c1-4-7-8-9-10-11-12-13-15-23-17(20)16(14-5-2)19-18(21)22-6-3/h5-6,16H,2-4,7-15H2,1H3,(H,19,21). The van der Waals surface area contributed by atoms with Crippen molar-refractivity contribution in [2.75, 3.05) is 6.61 Å². The van der Waals surface area contributed by atoms with Crippen molar-refractivity contribution in [3.05, 3.63) is 25.5 Å². The van der Waals surface area contributed by atoms with Gasteiger partial charge in [0.05, 0.1) is 12.9 Å². The fourth-order valence-electron chi connectivity index (χ4n) is 2.14. The number of carbonyl (C=O) groups excluding carboxylic acids is 2. The topological polar surface area (TPSA) is 64.6 Å². The number of ether oxygens (including phenoxy) is 2. The van der Waals surface area contributed by atoms with Crippen LogP contribution in [0.25, 0.3) is 0 Å². The molecule has 1 N–H and O–H groups in total. The zero-order chi connectivity index (χ0) is 17.3. The van der Waals surface area contributed by atoms with Gasteiger partial charge < -0.3 is 14.8 Å². The van der Waals surface area contributed by atoms with Crippen LogP contribution in [-0.2, 0) is 14.3 Å². The summed E-state index contributed by atoms with van der Waals surface area (Å²) in [6, 6.07) is -0.769. The molecule has 0 aliphatic heterocycles. The Morgan fingerprint density at radius 1 is 1.04 bits per heavy atom. The van der Waals surface area contributed by atoms with Crippen LogP contribution in [0.15, 0.2) is 25.5 Å². The maximum absolute atomic E-state index is 11.9. The number of hydrogen-bond acceptors (Lipinski definition) is 4. The fraction of sp³-hybridized carbons (Fsp3) is 0.667. The number of amides is 1. The maximum atomic E-state index is 11.9. The molecule has 5 heteroatoms. The first-order chi connectivity index (χ1) is 11.2. The molecule has 0 bridgehead atoms. The Morgan fingerprint density at radius 2 is 1.65 bits per heavy atom. The molecule has 23 heavy (non-hydrogen) atoms. The number of hydrogen-bond donors (Lipinski definition) is 1. The van der Waals surface area contributed by atoms with Gasteiger partial charge in [-0.15, -0.1) is 6.58 Å². The first-order valence-electron chi connectivity index (χ1n) is 8.51. The second kappa shape index (κ2) is 15.1. The SMILES string of the molecule is C=CCC(NC(=O)OC=C)C(=O)OCCCCCCCCCC. The molecule has 1 atom stereocenters. The summed E-state index contributed by atoms with van der Waals surface area (Å²) in [7, 11) is 0. The summed E-state index contributed by atoms with van der Waals surface area (Å²) in [5.74, 6) is -0.464. The summed E-state index contributed by atoms with van der Waals surface area (Å²) < 4.78 is 9.74. The first kappa shape index (κ1) is 21.2. The van der Waals surface area contributed by atoms with E-state index >= 15 is 0 Å². The Kier molecular flexibility index (Phi) is 14.0. The minimum absolute atomic E-state index is 0.294. The van der Waals surface area contributed by atoms with Crippen molar-refractivity contribution < 1.29 is 19.1 Å². The Hall–Kier alpha value is -1.78. The lowest BCUT2D eigenvalue weighted by atomic mass is 10.1. The largest absolute Gasteiger partial charge is 0.464 e. The van der Waals surface area contributed by atoms with Gasteiger partial charge in [-0.25, -0.2) is 9.59 Å². The highest BCUT2D eigenvalue weighted by Crippen LogP contribution is 2.08. The molecule has 0 aliphatic rings. The van der Waals surface area contributed by atoms with Gasteiger partial charge in [0.1, 0.15) is 6.04 Å². The molecule has 0 aromatic carbocycles.